The summed E-state index contributed by atoms with van der Waals surface area (Å²) in [4.78, 5) is 11.5. The van der Waals surface area contributed by atoms with Crippen LogP contribution in [0, 0.1) is 0 Å². The zero-order valence-corrected chi connectivity index (χ0v) is 22.4. The molecule has 0 saturated carbocycles. The number of hydrogen-bond acceptors (Lipinski definition) is 5. The fourth-order valence-electron chi connectivity index (χ4n) is 4.36. The third-order valence-corrected chi connectivity index (χ3v) is 8.87. The van der Waals surface area contributed by atoms with Gasteiger partial charge in [0.1, 0.15) is 0 Å². The van der Waals surface area contributed by atoms with E-state index in [9.17, 15) is 8.42 Å². The first-order valence-corrected chi connectivity index (χ1v) is 12.5. The normalized spacial score (nSPS) is 24.5. The summed E-state index contributed by atoms with van der Waals surface area (Å²) in [6.45, 7) is 9.65. The van der Waals surface area contributed by atoms with E-state index < -0.39 is 14.6 Å². The van der Waals surface area contributed by atoms with E-state index in [0.717, 1.165) is 45.1 Å². The fourth-order valence-corrected chi connectivity index (χ4v) is 5.72. The summed E-state index contributed by atoms with van der Waals surface area (Å²) in [6.07, 6.45) is 1.02. The lowest BCUT2D eigenvalue weighted by molar-refractivity contribution is 0.0891. The molecule has 1 N–H and O–H groups in total. The van der Waals surface area contributed by atoms with Crippen LogP contribution in [-0.2, 0) is 9.84 Å². The second kappa shape index (κ2) is 11.3. The first-order valence-electron chi connectivity index (χ1n) is 10.9. The van der Waals surface area contributed by atoms with Gasteiger partial charge in [-0.1, -0.05) is 30.3 Å². The number of rotatable bonds is 5. The Morgan fingerprint density at radius 2 is 1.90 bits per heavy atom. The van der Waals surface area contributed by atoms with E-state index in [4.69, 9.17) is 0 Å². The summed E-state index contributed by atoms with van der Waals surface area (Å²) < 4.78 is 23.8. The van der Waals surface area contributed by atoms with E-state index in [1.807, 2.05) is 0 Å². The molecule has 176 valence electrons. The van der Waals surface area contributed by atoms with Crippen LogP contribution < -0.4 is 5.32 Å². The third-order valence-electron chi connectivity index (χ3n) is 6.34. The molecule has 1 atom stereocenters. The van der Waals surface area contributed by atoms with Crippen molar-refractivity contribution in [1.29, 1.82) is 0 Å². The number of guanidine groups is 1. The molecular formula is C22H38IN5O2S. The molecule has 1 aromatic carbocycles. The largest absolute Gasteiger partial charge is 0.356 e. The van der Waals surface area contributed by atoms with Gasteiger partial charge in [0.2, 0.25) is 0 Å². The van der Waals surface area contributed by atoms with Gasteiger partial charge in [0.15, 0.2) is 15.8 Å². The van der Waals surface area contributed by atoms with Crippen LogP contribution in [0.15, 0.2) is 35.3 Å². The van der Waals surface area contributed by atoms with Crippen LogP contribution in [0.4, 0.5) is 0 Å². The molecule has 1 aromatic rings. The van der Waals surface area contributed by atoms with Crippen LogP contribution in [0.25, 0.3) is 0 Å². The molecule has 2 heterocycles. The Bertz CT molecular complexity index is 832. The number of likely N-dealkylation sites (N-methyl/N-ethyl adjacent to an activating group) is 1. The molecule has 0 aliphatic carbocycles. The molecule has 0 amide bonds. The summed E-state index contributed by atoms with van der Waals surface area (Å²) in [5.41, 5.74) is 1.38. The van der Waals surface area contributed by atoms with Gasteiger partial charge in [0.05, 0.1) is 10.5 Å². The lowest BCUT2D eigenvalue weighted by atomic mass is 10.0. The lowest BCUT2D eigenvalue weighted by Gasteiger charge is -2.41. The van der Waals surface area contributed by atoms with Gasteiger partial charge in [-0.2, -0.15) is 0 Å². The molecule has 2 aliphatic heterocycles. The predicted octanol–water partition coefficient (Wildman–Crippen LogP) is 2.07. The minimum Gasteiger partial charge on any atom is -0.356 e. The minimum absolute atomic E-state index is 0. The van der Waals surface area contributed by atoms with Gasteiger partial charge >= 0.3 is 0 Å². The van der Waals surface area contributed by atoms with E-state index >= 15 is 0 Å². The average Bonchev–Trinajstić information content (AvgIpc) is 2.72. The van der Waals surface area contributed by atoms with Crippen molar-refractivity contribution in [3.05, 3.63) is 35.9 Å². The molecule has 0 radical (unpaired) electrons. The first-order chi connectivity index (χ1) is 14.2. The van der Waals surface area contributed by atoms with Gasteiger partial charge in [-0.25, -0.2) is 8.42 Å². The quantitative estimate of drug-likeness (QED) is 0.256. The van der Waals surface area contributed by atoms with Crippen LogP contribution >= 0.6 is 24.0 Å². The number of hydrogen-bond donors (Lipinski definition) is 1. The van der Waals surface area contributed by atoms with Crippen molar-refractivity contribution in [2.24, 2.45) is 4.99 Å². The molecule has 31 heavy (non-hydrogen) atoms. The summed E-state index contributed by atoms with van der Waals surface area (Å²) >= 11 is 0. The van der Waals surface area contributed by atoms with Gasteiger partial charge in [-0.15, -0.1) is 24.0 Å². The summed E-state index contributed by atoms with van der Waals surface area (Å²) in [7, 11) is 0.914. The van der Waals surface area contributed by atoms with Crippen LogP contribution in [0.1, 0.15) is 31.9 Å². The van der Waals surface area contributed by atoms with Crippen molar-refractivity contribution in [3.8, 4) is 0 Å². The number of sulfone groups is 1. The van der Waals surface area contributed by atoms with Gasteiger partial charge in [0.25, 0.3) is 0 Å². The Balaban J connectivity index is 0.00000341. The molecule has 2 fully saturated rings. The van der Waals surface area contributed by atoms with Crippen LogP contribution in [0.3, 0.4) is 0 Å². The van der Waals surface area contributed by atoms with Crippen molar-refractivity contribution in [2.75, 3.05) is 65.7 Å². The van der Waals surface area contributed by atoms with Gasteiger partial charge in [0, 0.05) is 58.9 Å². The summed E-state index contributed by atoms with van der Waals surface area (Å²) in [5, 5.41) is 3.45. The minimum atomic E-state index is -3.05. The number of aliphatic imine (C=N–C) groups is 1. The maximum absolute atomic E-state index is 12.3. The van der Waals surface area contributed by atoms with Gasteiger partial charge < -0.3 is 15.1 Å². The highest BCUT2D eigenvalue weighted by Gasteiger charge is 2.40. The first kappa shape index (κ1) is 26.3. The van der Waals surface area contributed by atoms with Gasteiger partial charge in [-0.3, -0.25) is 9.89 Å². The van der Waals surface area contributed by atoms with Crippen LogP contribution in [0.2, 0.25) is 0 Å². The number of halogens is 1. The zero-order valence-electron chi connectivity index (χ0n) is 19.2. The Morgan fingerprint density at radius 3 is 2.55 bits per heavy atom. The van der Waals surface area contributed by atoms with Crippen molar-refractivity contribution in [2.45, 2.75) is 31.1 Å². The van der Waals surface area contributed by atoms with Crippen LogP contribution in [-0.4, -0.2) is 99.5 Å². The molecule has 3 rings (SSSR count). The van der Waals surface area contributed by atoms with Crippen molar-refractivity contribution in [3.63, 3.8) is 0 Å². The highest BCUT2D eigenvalue weighted by Crippen LogP contribution is 2.25. The maximum Gasteiger partial charge on any atom is 0.193 e. The zero-order chi connectivity index (χ0) is 21.8. The number of nitrogens with one attached hydrogen (secondary N) is 1. The topological polar surface area (TPSA) is 68.2 Å². The number of piperazine rings is 1. The maximum atomic E-state index is 12.3. The monoisotopic (exact) mass is 563 g/mol. The van der Waals surface area contributed by atoms with Gasteiger partial charge in [-0.05, 0) is 32.9 Å². The molecule has 7 nitrogen and oxygen atoms in total. The molecule has 0 bridgehead atoms. The molecule has 0 spiro atoms. The van der Waals surface area contributed by atoms with Crippen molar-refractivity contribution in [1.82, 2.24) is 20.0 Å². The van der Waals surface area contributed by atoms with Crippen molar-refractivity contribution >= 4 is 39.8 Å². The number of nitrogens with zero attached hydrogens (tertiary/aromatic N) is 4. The Labute approximate surface area is 205 Å². The summed E-state index contributed by atoms with van der Waals surface area (Å²) in [5.74, 6) is 0.983. The predicted molar refractivity (Wildman–Crippen MR) is 139 cm³/mol. The van der Waals surface area contributed by atoms with Crippen LogP contribution in [0.5, 0.6) is 0 Å². The van der Waals surface area contributed by atoms with E-state index in [2.05, 4.69) is 62.4 Å². The smallest absolute Gasteiger partial charge is 0.193 e. The standard InChI is InChI=1S/C22H37N5O2S.HI/c1-22(2)18-27(15-16-30(22,28)29)21(23-3)24-11-8-12-26-14-13-25(4)17-20(26)19-9-6-5-7-10-19;/h5-7,9-10,20H,8,11-18H2,1-4H3,(H,23,24);1H. The average molecular weight is 564 g/mol. The second-order valence-corrected chi connectivity index (χ2v) is 11.8. The Morgan fingerprint density at radius 1 is 1.19 bits per heavy atom. The second-order valence-electron chi connectivity index (χ2n) is 9.05. The molecule has 2 saturated heterocycles. The number of benzene rings is 1. The highest BCUT2D eigenvalue weighted by atomic mass is 127. The fraction of sp³-hybridized carbons (Fsp3) is 0.682. The van der Waals surface area contributed by atoms with E-state index in [-0.39, 0.29) is 29.7 Å². The summed E-state index contributed by atoms with van der Waals surface area (Å²) in [6, 6.07) is 11.2. The van der Waals surface area contributed by atoms with E-state index in [1.165, 1.54) is 5.56 Å². The Kier molecular flexibility index (Phi) is 9.59. The Hall–Kier alpha value is -0.910. The SMILES string of the molecule is CN=C(NCCCN1CCN(C)CC1c1ccccc1)N1CCS(=O)(=O)C(C)(C)C1.I. The molecule has 0 aromatic heterocycles. The lowest BCUT2D eigenvalue weighted by Crippen LogP contribution is -2.57. The highest BCUT2D eigenvalue weighted by molar-refractivity contribution is 14.0. The van der Waals surface area contributed by atoms with E-state index in [1.54, 1.807) is 20.9 Å². The molecule has 9 heteroatoms. The molecule has 2 aliphatic rings. The molecule has 1 unspecified atom stereocenters. The third kappa shape index (κ3) is 6.55. The molecular weight excluding hydrogens is 525 g/mol. The van der Waals surface area contributed by atoms with E-state index in [0.29, 0.717) is 19.1 Å². The van der Waals surface area contributed by atoms with Crippen molar-refractivity contribution < 1.29 is 8.42 Å².